The van der Waals surface area contributed by atoms with E-state index in [0.717, 1.165) is 16.1 Å². The molecule has 2 heterocycles. The summed E-state index contributed by atoms with van der Waals surface area (Å²) < 4.78 is 23.5. The van der Waals surface area contributed by atoms with Gasteiger partial charge in [-0.05, 0) is 23.6 Å². The molecule has 0 radical (unpaired) electrons. The number of amides is 1. The van der Waals surface area contributed by atoms with E-state index in [0.29, 0.717) is 0 Å². The van der Waals surface area contributed by atoms with Crippen molar-refractivity contribution in [1.29, 1.82) is 0 Å². The summed E-state index contributed by atoms with van der Waals surface area (Å²) in [5, 5.41) is 6.99. The highest BCUT2D eigenvalue weighted by atomic mass is 32.2. The Balaban J connectivity index is 1.86. The van der Waals surface area contributed by atoms with Gasteiger partial charge >= 0.3 is 0 Å². The summed E-state index contributed by atoms with van der Waals surface area (Å²) in [5.41, 5.74) is 0.521. The summed E-state index contributed by atoms with van der Waals surface area (Å²) in [6, 6.07) is 10.2. The van der Waals surface area contributed by atoms with Crippen molar-refractivity contribution in [2.45, 2.75) is 4.90 Å². The van der Waals surface area contributed by atoms with Crippen LogP contribution in [0.3, 0.4) is 0 Å². The standard InChI is InChI=1S/C15H12N2O3S3/c1-23(19,20)13-7-3-2-5-10(13)16-14(18)11-9-22-15(17-11)12-6-4-8-21-12/h2-9H,1H3,(H,16,18). The number of rotatable bonds is 4. The first-order chi connectivity index (χ1) is 10.9. The lowest BCUT2D eigenvalue weighted by Gasteiger charge is -2.08. The topological polar surface area (TPSA) is 76.1 Å². The Morgan fingerprint density at radius 1 is 1.13 bits per heavy atom. The van der Waals surface area contributed by atoms with Crippen molar-refractivity contribution in [3.63, 3.8) is 0 Å². The van der Waals surface area contributed by atoms with E-state index in [-0.39, 0.29) is 16.3 Å². The molecule has 3 rings (SSSR count). The minimum atomic E-state index is -3.42. The van der Waals surface area contributed by atoms with Crippen LogP contribution in [0.5, 0.6) is 0 Å². The molecule has 0 fully saturated rings. The summed E-state index contributed by atoms with van der Waals surface area (Å²) in [6.07, 6.45) is 1.11. The Hall–Kier alpha value is -2.03. The molecule has 0 spiro atoms. The predicted octanol–water partition coefficient (Wildman–Crippen LogP) is 3.53. The van der Waals surface area contributed by atoms with Gasteiger partial charge in [0.2, 0.25) is 0 Å². The quantitative estimate of drug-likeness (QED) is 0.768. The minimum absolute atomic E-state index is 0.0852. The Kier molecular flexibility index (Phi) is 4.29. The number of sulfone groups is 1. The number of hydrogen-bond acceptors (Lipinski definition) is 6. The molecule has 5 nitrogen and oxygen atoms in total. The molecule has 1 aromatic carbocycles. The van der Waals surface area contributed by atoms with Crippen LogP contribution in [0.25, 0.3) is 9.88 Å². The van der Waals surface area contributed by atoms with Crippen molar-refractivity contribution in [1.82, 2.24) is 4.98 Å². The molecule has 3 aromatic rings. The fraction of sp³-hybridized carbons (Fsp3) is 0.0667. The molecular weight excluding hydrogens is 352 g/mol. The van der Waals surface area contributed by atoms with Gasteiger partial charge in [-0.15, -0.1) is 22.7 Å². The third kappa shape index (κ3) is 3.49. The molecule has 1 N–H and O–H groups in total. The van der Waals surface area contributed by atoms with Gasteiger partial charge in [0.25, 0.3) is 5.91 Å². The molecule has 8 heteroatoms. The van der Waals surface area contributed by atoms with Crippen molar-refractivity contribution in [3.05, 3.63) is 52.9 Å². The van der Waals surface area contributed by atoms with Gasteiger partial charge in [0.05, 0.1) is 15.5 Å². The molecule has 0 bridgehead atoms. The monoisotopic (exact) mass is 364 g/mol. The lowest BCUT2D eigenvalue weighted by Crippen LogP contribution is -2.14. The first kappa shape index (κ1) is 15.9. The second kappa shape index (κ2) is 6.23. The van der Waals surface area contributed by atoms with Crippen LogP contribution in [-0.4, -0.2) is 25.6 Å². The zero-order valence-corrected chi connectivity index (χ0v) is 14.5. The lowest BCUT2D eigenvalue weighted by molar-refractivity contribution is 0.102. The summed E-state index contributed by atoms with van der Waals surface area (Å²) in [7, 11) is -3.42. The third-order valence-electron chi connectivity index (χ3n) is 3.00. The molecule has 118 valence electrons. The van der Waals surface area contributed by atoms with Crippen LogP contribution in [0.1, 0.15) is 10.5 Å². The molecule has 23 heavy (non-hydrogen) atoms. The Labute approximate surface area is 141 Å². The van der Waals surface area contributed by atoms with Crippen LogP contribution >= 0.6 is 22.7 Å². The number of nitrogens with zero attached hydrogens (tertiary/aromatic N) is 1. The largest absolute Gasteiger partial charge is 0.319 e. The van der Waals surface area contributed by atoms with Gasteiger partial charge < -0.3 is 5.32 Å². The summed E-state index contributed by atoms with van der Waals surface area (Å²) in [4.78, 5) is 17.7. The Bertz CT molecular complexity index is 944. The Morgan fingerprint density at radius 2 is 1.91 bits per heavy atom. The van der Waals surface area contributed by atoms with Gasteiger partial charge in [-0.25, -0.2) is 13.4 Å². The highest BCUT2D eigenvalue weighted by Gasteiger charge is 2.17. The summed E-state index contributed by atoms with van der Waals surface area (Å²) in [6.45, 7) is 0. The second-order valence-electron chi connectivity index (χ2n) is 4.74. The first-order valence-corrected chi connectivity index (χ1v) is 10.2. The molecule has 2 aromatic heterocycles. The van der Waals surface area contributed by atoms with E-state index in [1.54, 1.807) is 34.9 Å². The van der Waals surface area contributed by atoms with Crippen LogP contribution in [0.2, 0.25) is 0 Å². The van der Waals surface area contributed by atoms with Gasteiger partial charge in [0.15, 0.2) is 9.84 Å². The minimum Gasteiger partial charge on any atom is -0.319 e. The SMILES string of the molecule is CS(=O)(=O)c1ccccc1NC(=O)c1csc(-c2cccs2)n1. The van der Waals surface area contributed by atoms with E-state index < -0.39 is 15.7 Å². The maximum atomic E-state index is 12.3. The number of anilines is 1. The zero-order chi connectivity index (χ0) is 16.4. The van der Waals surface area contributed by atoms with Crippen LogP contribution in [0.15, 0.2) is 52.1 Å². The molecule has 0 saturated carbocycles. The molecule has 0 aliphatic rings. The van der Waals surface area contributed by atoms with Crippen LogP contribution < -0.4 is 5.32 Å². The van der Waals surface area contributed by atoms with Gasteiger partial charge in [-0.2, -0.15) is 0 Å². The fourth-order valence-electron chi connectivity index (χ4n) is 1.97. The number of nitrogens with one attached hydrogen (secondary N) is 1. The summed E-state index contributed by atoms with van der Waals surface area (Å²) >= 11 is 2.92. The maximum absolute atomic E-state index is 12.3. The number of benzene rings is 1. The average molecular weight is 364 g/mol. The number of aromatic nitrogens is 1. The lowest BCUT2D eigenvalue weighted by atomic mass is 10.3. The molecule has 0 aliphatic carbocycles. The van der Waals surface area contributed by atoms with Crippen molar-refractivity contribution >= 4 is 44.1 Å². The first-order valence-electron chi connectivity index (χ1n) is 6.55. The molecule has 0 atom stereocenters. The van der Waals surface area contributed by atoms with Gasteiger partial charge in [0, 0.05) is 11.6 Å². The van der Waals surface area contributed by atoms with E-state index in [2.05, 4.69) is 10.3 Å². The average Bonchev–Trinajstić information content (AvgIpc) is 3.18. The summed E-state index contributed by atoms with van der Waals surface area (Å²) in [5.74, 6) is -0.430. The molecule has 0 saturated heterocycles. The predicted molar refractivity (Wildman–Crippen MR) is 92.9 cm³/mol. The second-order valence-corrected chi connectivity index (χ2v) is 8.53. The van der Waals surface area contributed by atoms with Crippen molar-refractivity contribution in [2.75, 3.05) is 11.6 Å². The van der Waals surface area contributed by atoms with E-state index in [4.69, 9.17) is 0 Å². The number of thiazole rings is 1. The van der Waals surface area contributed by atoms with E-state index in [9.17, 15) is 13.2 Å². The van der Waals surface area contributed by atoms with Crippen LogP contribution in [0, 0.1) is 0 Å². The van der Waals surface area contributed by atoms with E-state index in [1.807, 2.05) is 17.5 Å². The van der Waals surface area contributed by atoms with Gasteiger partial charge in [0.1, 0.15) is 10.7 Å². The van der Waals surface area contributed by atoms with E-state index >= 15 is 0 Å². The third-order valence-corrected chi connectivity index (χ3v) is 6.04. The smallest absolute Gasteiger partial charge is 0.275 e. The van der Waals surface area contributed by atoms with Crippen molar-refractivity contribution in [2.24, 2.45) is 0 Å². The molecule has 1 amide bonds. The van der Waals surface area contributed by atoms with Crippen molar-refractivity contribution < 1.29 is 13.2 Å². The maximum Gasteiger partial charge on any atom is 0.275 e. The van der Waals surface area contributed by atoms with Crippen molar-refractivity contribution in [3.8, 4) is 9.88 Å². The van der Waals surface area contributed by atoms with Gasteiger partial charge in [-0.3, -0.25) is 4.79 Å². The number of carbonyl (C=O) groups is 1. The Morgan fingerprint density at radius 3 is 2.61 bits per heavy atom. The highest BCUT2D eigenvalue weighted by molar-refractivity contribution is 7.90. The zero-order valence-electron chi connectivity index (χ0n) is 12.0. The van der Waals surface area contributed by atoms with Crippen LogP contribution in [0.4, 0.5) is 5.69 Å². The number of para-hydroxylation sites is 1. The number of thiophene rings is 1. The number of hydrogen-bond donors (Lipinski definition) is 1. The molecular formula is C15H12N2O3S3. The molecule has 0 unspecified atom stereocenters. The highest BCUT2D eigenvalue weighted by Crippen LogP contribution is 2.28. The normalized spacial score (nSPS) is 11.3. The van der Waals surface area contributed by atoms with Gasteiger partial charge in [-0.1, -0.05) is 18.2 Å². The number of carbonyl (C=O) groups excluding carboxylic acids is 1. The fourth-order valence-corrected chi connectivity index (χ4v) is 4.43. The molecule has 0 aliphatic heterocycles. The van der Waals surface area contributed by atoms with E-state index in [1.165, 1.54) is 17.4 Å². The van der Waals surface area contributed by atoms with Crippen LogP contribution in [-0.2, 0) is 9.84 Å².